The minimum Gasteiger partial charge on any atom is -0.340 e. The number of anilines is 4. The highest BCUT2D eigenvalue weighted by Gasteiger charge is 2.04. The van der Waals surface area contributed by atoms with Gasteiger partial charge in [0.15, 0.2) is 11.1 Å². The first-order valence-corrected chi connectivity index (χ1v) is 8.46. The average Bonchev–Trinajstić information content (AvgIpc) is 2.59. The maximum atomic E-state index is 13.3. The average molecular weight is 358 g/mol. The number of benzene rings is 2. The molecule has 1 atom stereocenters. The van der Waals surface area contributed by atoms with Crippen molar-refractivity contribution in [3.05, 3.63) is 66.1 Å². The van der Waals surface area contributed by atoms with Gasteiger partial charge in [-0.2, -0.15) is 4.98 Å². The van der Waals surface area contributed by atoms with E-state index in [-0.39, 0.29) is 5.82 Å². The van der Waals surface area contributed by atoms with E-state index < -0.39 is 11.1 Å². The minimum absolute atomic E-state index is 0.261. The molecule has 25 heavy (non-hydrogen) atoms. The van der Waals surface area contributed by atoms with E-state index in [4.69, 9.17) is 4.55 Å². The van der Waals surface area contributed by atoms with Crippen molar-refractivity contribution in [1.82, 2.24) is 9.97 Å². The van der Waals surface area contributed by atoms with Crippen LogP contribution in [0.3, 0.4) is 0 Å². The van der Waals surface area contributed by atoms with Crippen molar-refractivity contribution < 1.29 is 13.2 Å². The van der Waals surface area contributed by atoms with Crippen LogP contribution in [-0.4, -0.2) is 18.7 Å². The standard InChI is InChI=1S/C17H15FN4O2S/c1-11-10-13(4-7-15(11)18)20-16-8-9-19-17(22-16)21-12-2-5-14(6-3-12)25(23)24/h2-10H,1H3,(H,23,24)(H2,19,20,21,22). The first-order chi connectivity index (χ1) is 12.0. The van der Waals surface area contributed by atoms with Crippen molar-refractivity contribution >= 4 is 34.2 Å². The molecule has 1 unspecified atom stereocenters. The molecule has 0 aliphatic rings. The number of hydrogen-bond donors (Lipinski definition) is 3. The van der Waals surface area contributed by atoms with Gasteiger partial charge in [-0.3, -0.25) is 0 Å². The molecule has 0 radical (unpaired) electrons. The lowest BCUT2D eigenvalue weighted by molar-refractivity contribution is 0.564. The van der Waals surface area contributed by atoms with E-state index in [0.717, 1.165) is 5.69 Å². The second-order valence-corrected chi connectivity index (χ2v) is 6.22. The monoisotopic (exact) mass is 358 g/mol. The molecule has 3 aromatic rings. The minimum atomic E-state index is -2.01. The van der Waals surface area contributed by atoms with Crippen LogP contribution in [-0.2, 0) is 11.1 Å². The summed E-state index contributed by atoms with van der Waals surface area (Å²) in [5.41, 5.74) is 1.95. The molecule has 3 N–H and O–H groups in total. The highest BCUT2D eigenvalue weighted by Crippen LogP contribution is 2.20. The van der Waals surface area contributed by atoms with E-state index in [1.807, 2.05) is 0 Å². The molecule has 128 valence electrons. The molecule has 0 aliphatic heterocycles. The van der Waals surface area contributed by atoms with E-state index in [2.05, 4.69) is 20.6 Å². The van der Waals surface area contributed by atoms with Gasteiger partial charge in [-0.15, -0.1) is 0 Å². The van der Waals surface area contributed by atoms with Crippen molar-refractivity contribution in [3.63, 3.8) is 0 Å². The smallest absolute Gasteiger partial charge is 0.229 e. The van der Waals surface area contributed by atoms with Crippen molar-refractivity contribution in [2.24, 2.45) is 0 Å². The summed E-state index contributed by atoms with van der Waals surface area (Å²) < 4.78 is 33.3. The SMILES string of the molecule is Cc1cc(Nc2ccnc(Nc3ccc(S(=O)O)cc3)n2)ccc1F. The van der Waals surface area contributed by atoms with Crippen LogP contribution in [0, 0.1) is 12.7 Å². The molecule has 2 aromatic carbocycles. The molecular weight excluding hydrogens is 343 g/mol. The molecule has 0 spiro atoms. The topological polar surface area (TPSA) is 87.1 Å². The van der Waals surface area contributed by atoms with Gasteiger partial charge in [0.25, 0.3) is 0 Å². The Balaban J connectivity index is 1.74. The normalized spacial score (nSPS) is 11.8. The number of aryl methyl sites for hydroxylation is 1. The van der Waals surface area contributed by atoms with E-state index in [1.54, 1.807) is 55.6 Å². The Kier molecular flexibility index (Phi) is 5.01. The molecule has 0 aliphatic carbocycles. The zero-order chi connectivity index (χ0) is 17.8. The number of halogens is 1. The fourth-order valence-electron chi connectivity index (χ4n) is 2.14. The summed E-state index contributed by atoms with van der Waals surface area (Å²) in [5, 5.41) is 6.11. The van der Waals surface area contributed by atoms with Gasteiger partial charge in [0, 0.05) is 17.6 Å². The van der Waals surface area contributed by atoms with Gasteiger partial charge in [0.05, 0.1) is 4.90 Å². The summed E-state index contributed by atoms with van der Waals surface area (Å²) in [6.07, 6.45) is 1.59. The highest BCUT2D eigenvalue weighted by atomic mass is 32.2. The molecule has 3 rings (SSSR count). The Bertz CT molecular complexity index is 919. The van der Waals surface area contributed by atoms with Gasteiger partial charge in [-0.05, 0) is 61.0 Å². The fraction of sp³-hybridized carbons (Fsp3) is 0.0588. The van der Waals surface area contributed by atoms with Crippen molar-refractivity contribution in [1.29, 1.82) is 0 Å². The number of aromatic nitrogens is 2. The first-order valence-electron chi connectivity index (χ1n) is 7.35. The number of nitrogens with zero attached hydrogens (tertiary/aromatic N) is 2. The van der Waals surface area contributed by atoms with E-state index in [0.29, 0.717) is 27.9 Å². The molecule has 8 heteroatoms. The lowest BCUT2D eigenvalue weighted by atomic mass is 10.2. The van der Waals surface area contributed by atoms with Crippen LogP contribution in [0.1, 0.15) is 5.56 Å². The molecule has 6 nitrogen and oxygen atoms in total. The second-order valence-electron chi connectivity index (χ2n) is 5.25. The molecule has 1 heterocycles. The van der Waals surface area contributed by atoms with Crippen LogP contribution in [0.15, 0.2) is 59.6 Å². The third kappa shape index (κ3) is 4.37. The van der Waals surface area contributed by atoms with Crippen LogP contribution < -0.4 is 10.6 Å². The van der Waals surface area contributed by atoms with Crippen LogP contribution in [0.2, 0.25) is 0 Å². The third-order valence-electron chi connectivity index (χ3n) is 3.40. The molecule has 0 saturated carbocycles. The van der Waals surface area contributed by atoms with Gasteiger partial charge in [0.1, 0.15) is 11.6 Å². The first kappa shape index (κ1) is 17.0. The van der Waals surface area contributed by atoms with Gasteiger partial charge >= 0.3 is 0 Å². The summed E-state index contributed by atoms with van der Waals surface area (Å²) in [5.74, 6) is 0.654. The van der Waals surface area contributed by atoms with E-state index in [9.17, 15) is 8.60 Å². The lowest BCUT2D eigenvalue weighted by Crippen LogP contribution is -2.01. The summed E-state index contributed by atoms with van der Waals surface area (Å²) in [6, 6.07) is 12.8. The molecule has 1 aromatic heterocycles. The Labute approximate surface area is 146 Å². The van der Waals surface area contributed by atoms with Crippen LogP contribution in [0.5, 0.6) is 0 Å². The second kappa shape index (κ2) is 7.37. The Hall–Kier alpha value is -2.84. The fourth-order valence-corrected chi connectivity index (χ4v) is 2.51. The predicted octanol–water partition coefficient (Wildman–Crippen LogP) is 3.99. The Morgan fingerprint density at radius 2 is 1.76 bits per heavy atom. The quantitative estimate of drug-likeness (QED) is 0.598. The maximum absolute atomic E-state index is 13.3. The Morgan fingerprint density at radius 1 is 1.04 bits per heavy atom. The summed E-state index contributed by atoms with van der Waals surface area (Å²) in [4.78, 5) is 8.78. The summed E-state index contributed by atoms with van der Waals surface area (Å²) >= 11 is -2.01. The maximum Gasteiger partial charge on any atom is 0.229 e. The van der Waals surface area contributed by atoms with Gasteiger partial charge in [-0.25, -0.2) is 13.6 Å². The zero-order valence-electron chi connectivity index (χ0n) is 13.2. The number of rotatable bonds is 5. The van der Waals surface area contributed by atoms with Crippen molar-refractivity contribution in [3.8, 4) is 0 Å². The molecule has 0 amide bonds. The lowest BCUT2D eigenvalue weighted by Gasteiger charge is -2.09. The molecule has 0 bridgehead atoms. The van der Waals surface area contributed by atoms with Crippen molar-refractivity contribution in [2.75, 3.05) is 10.6 Å². The number of hydrogen-bond acceptors (Lipinski definition) is 5. The molecule has 0 saturated heterocycles. The van der Waals surface area contributed by atoms with E-state index in [1.165, 1.54) is 6.07 Å². The van der Waals surface area contributed by atoms with Crippen LogP contribution in [0.4, 0.5) is 27.5 Å². The predicted molar refractivity (Wildman–Crippen MR) is 95.2 cm³/mol. The van der Waals surface area contributed by atoms with Gasteiger partial charge < -0.3 is 15.2 Å². The summed E-state index contributed by atoms with van der Waals surface area (Å²) in [6.45, 7) is 1.69. The zero-order valence-corrected chi connectivity index (χ0v) is 14.0. The van der Waals surface area contributed by atoms with Crippen LogP contribution in [0.25, 0.3) is 0 Å². The largest absolute Gasteiger partial charge is 0.340 e. The molecular formula is C17H15FN4O2S. The Morgan fingerprint density at radius 3 is 2.44 bits per heavy atom. The highest BCUT2D eigenvalue weighted by molar-refractivity contribution is 7.79. The van der Waals surface area contributed by atoms with Gasteiger partial charge in [-0.1, -0.05) is 0 Å². The van der Waals surface area contributed by atoms with Crippen LogP contribution >= 0.6 is 0 Å². The van der Waals surface area contributed by atoms with E-state index >= 15 is 0 Å². The van der Waals surface area contributed by atoms with Gasteiger partial charge in [0.2, 0.25) is 5.95 Å². The summed E-state index contributed by atoms with van der Waals surface area (Å²) in [7, 11) is 0. The van der Waals surface area contributed by atoms with Crippen molar-refractivity contribution in [2.45, 2.75) is 11.8 Å². The third-order valence-corrected chi connectivity index (χ3v) is 4.07. The number of nitrogens with one attached hydrogen (secondary N) is 2. The molecule has 0 fully saturated rings.